The Balaban J connectivity index is 1.82. The maximum absolute atomic E-state index is 6.09. The predicted octanol–water partition coefficient (Wildman–Crippen LogP) is 4.38. The van der Waals surface area contributed by atoms with Gasteiger partial charge < -0.3 is 10.1 Å². The third-order valence-electron chi connectivity index (χ3n) is 5.59. The summed E-state index contributed by atoms with van der Waals surface area (Å²) in [6.07, 6.45) is 8.67. The van der Waals surface area contributed by atoms with Crippen molar-refractivity contribution in [2.24, 2.45) is 17.3 Å². The van der Waals surface area contributed by atoms with Crippen molar-refractivity contribution in [3.8, 4) is 0 Å². The number of nitrogens with one attached hydrogen (secondary N) is 1. The highest BCUT2D eigenvalue weighted by molar-refractivity contribution is 5.04. The topological polar surface area (TPSA) is 21.3 Å². The van der Waals surface area contributed by atoms with E-state index in [-0.39, 0.29) is 0 Å². The molecule has 2 saturated carbocycles. The molecule has 0 spiro atoms. The van der Waals surface area contributed by atoms with Crippen molar-refractivity contribution in [2.75, 3.05) is 6.61 Å². The van der Waals surface area contributed by atoms with E-state index in [9.17, 15) is 0 Å². The van der Waals surface area contributed by atoms with E-state index in [2.05, 4.69) is 39.9 Å². The van der Waals surface area contributed by atoms with Crippen LogP contribution in [0.4, 0.5) is 0 Å². The Morgan fingerprint density at radius 2 is 1.85 bits per heavy atom. The van der Waals surface area contributed by atoms with Crippen LogP contribution in [0.15, 0.2) is 0 Å². The monoisotopic (exact) mass is 281 g/mol. The summed E-state index contributed by atoms with van der Waals surface area (Å²) >= 11 is 0. The van der Waals surface area contributed by atoms with Gasteiger partial charge in [0.25, 0.3) is 0 Å². The van der Waals surface area contributed by atoms with Crippen LogP contribution >= 0.6 is 0 Å². The Bertz CT molecular complexity index is 300. The third-order valence-corrected chi connectivity index (χ3v) is 5.59. The summed E-state index contributed by atoms with van der Waals surface area (Å²) in [5.41, 5.74) is 0.293. The molecule has 2 aliphatic rings. The fourth-order valence-corrected chi connectivity index (χ4v) is 3.76. The highest BCUT2D eigenvalue weighted by atomic mass is 16.5. The number of hydrogen-bond acceptors (Lipinski definition) is 2. The molecule has 20 heavy (non-hydrogen) atoms. The maximum atomic E-state index is 6.09. The molecule has 2 rings (SSSR count). The second-order valence-electron chi connectivity index (χ2n) is 8.21. The SMILES string of the molecule is CC(C)COC1CC(NC2CCCCCC2C)C1(C)C. The summed E-state index contributed by atoms with van der Waals surface area (Å²) in [6.45, 7) is 12.5. The van der Waals surface area contributed by atoms with E-state index in [4.69, 9.17) is 4.74 Å². The molecule has 2 aliphatic carbocycles. The third kappa shape index (κ3) is 3.76. The van der Waals surface area contributed by atoms with Crippen molar-refractivity contribution in [1.82, 2.24) is 5.32 Å². The molecule has 2 heteroatoms. The molecule has 0 bridgehead atoms. The van der Waals surface area contributed by atoms with Crippen LogP contribution in [0.25, 0.3) is 0 Å². The van der Waals surface area contributed by atoms with E-state index < -0.39 is 0 Å². The van der Waals surface area contributed by atoms with Crippen LogP contribution in [0.1, 0.15) is 73.1 Å². The van der Waals surface area contributed by atoms with E-state index in [1.165, 1.54) is 38.5 Å². The van der Waals surface area contributed by atoms with Gasteiger partial charge in [-0.25, -0.2) is 0 Å². The second-order valence-corrected chi connectivity index (χ2v) is 8.21. The Labute approximate surface area is 126 Å². The van der Waals surface area contributed by atoms with E-state index in [1.807, 2.05) is 0 Å². The molecule has 118 valence electrons. The normalized spacial score (nSPS) is 37.5. The lowest BCUT2D eigenvalue weighted by molar-refractivity contribution is -0.127. The molecule has 0 aromatic carbocycles. The molecule has 4 atom stereocenters. The molecule has 1 N–H and O–H groups in total. The summed E-state index contributed by atoms with van der Waals surface area (Å²) in [5.74, 6) is 1.48. The Kier molecular flexibility index (Phi) is 5.53. The van der Waals surface area contributed by atoms with Crippen LogP contribution in [0, 0.1) is 17.3 Å². The standard InChI is InChI=1S/C18H35NO/c1-13(2)12-20-17-11-16(18(17,4)5)19-15-10-8-6-7-9-14(15)3/h13-17,19H,6-12H2,1-5H3. The molecule has 2 fully saturated rings. The van der Waals surface area contributed by atoms with E-state index in [0.717, 1.165) is 18.6 Å². The smallest absolute Gasteiger partial charge is 0.0656 e. The molecule has 2 nitrogen and oxygen atoms in total. The van der Waals surface area contributed by atoms with Gasteiger partial charge in [-0.3, -0.25) is 0 Å². The van der Waals surface area contributed by atoms with Crippen LogP contribution in [-0.4, -0.2) is 24.8 Å². The molecule has 4 unspecified atom stereocenters. The first-order valence-electron chi connectivity index (χ1n) is 8.79. The van der Waals surface area contributed by atoms with Gasteiger partial charge in [0, 0.05) is 24.1 Å². The average molecular weight is 281 g/mol. The largest absolute Gasteiger partial charge is 0.377 e. The van der Waals surface area contributed by atoms with Gasteiger partial charge in [-0.15, -0.1) is 0 Å². The fourth-order valence-electron chi connectivity index (χ4n) is 3.76. The Morgan fingerprint density at radius 3 is 2.50 bits per heavy atom. The minimum absolute atomic E-state index is 0.293. The van der Waals surface area contributed by atoms with Crippen molar-refractivity contribution >= 4 is 0 Å². The van der Waals surface area contributed by atoms with E-state index in [0.29, 0.717) is 23.5 Å². The highest BCUT2D eigenvalue weighted by Crippen LogP contribution is 2.43. The lowest BCUT2D eigenvalue weighted by Crippen LogP contribution is -2.63. The van der Waals surface area contributed by atoms with Gasteiger partial charge in [-0.1, -0.05) is 53.9 Å². The minimum atomic E-state index is 0.293. The van der Waals surface area contributed by atoms with Crippen LogP contribution < -0.4 is 5.32 Å². The molecular formula is C18H35NO. The number of rotatable bonds is 5. The van der Waals surface area contributed by atoms with Crippen LogP contribution in [0.2, 0.25) is 0 Å². The lowest BCUT2D eigenvalue weighted by atomic mass is 9.64. The molecule has 0 aromatic heterocycles. The van der Waals surface area contributed by atoms with Gasteiger partial charge in [0.2, 0.25) is 0 Å². The maximum Gasteiger partial charge on any atom is 0.0656 e. The highest BCUT2D eigenvalue weighted by Gasteiger charge is 2.49. The molecule has 0 radical (unpaired) electrons. The van der Waals surface area contributed by atoms with Crippen molar-refractivity contribution in [3.05, 3.63) is 0 Å². The van der Waals surface area contributed by atoms with E-state index >= 15 is 0 Å². The zero-order valence-corrected chi connectivity index (χ0v) is 14.2. The average Bonchev–Trinajstić information content (AvgIpc) is 2.57. The quantitative estimate of drug-likeness (QED) is 0.755. The summed E-state index contributed by atoms with van der Waals surface area (Å²) in [5, 5.41) is 3.97. The van der Waals surface area contributed by atoms with Crippen LogP contribution in [0.3, 0.4) is 0 Å². The minimum Gasteiger partial charge on any atom is -0.377 e. The van der Waals surface area contributed by atoms with Crippen molar-refractivity contribution in [3.63, 3.8) is 0 Å². The van der Waals surface area contributed by atoms with Gasteiger partial charge in [0.15, 0.2) is 0 Å². The predicted molar refractivity (Wildman–Crippen MR) is 85.9 cm³/mol. The number of ether oxygens (including phenoxy) is 1. The van der Waals surface area contributed by atoms with Gasteiger partial charge in [-0.05, 0) is 31.1 Å². The Hall–Kier alpha value is -0.0800. The fraction of sp³-hybridized carbons (Fsp3) is 1.00. The van der Waals surface area contributed by atoms with E-state index in [1.54, 1.807) is 0 Å². The zero-order valence-electron chi connectivity index (χ0n) is 14.2. The summed E-state index contributed by atoms with van der Waals surface area (Å²) in [4.78, 5) is 0. The zero-order chi connectivity index (χ0) is 14.8. The van der Waals surface area contributed by atoms with Gasteiger partial charge in [-0.2, -0.15) is 0 Å². The van der Waals surface area contributed by atoms with Crippen molar-refractivity contribution in [2.45, 2.75) is 91.3 Å². The van der Waals surface area contributed by atoms with Crippen molar-refractivity contribution in [1.29, 1.82) is 0 Å². The molecule has 0 aromatic rings. The van der Waals surface area contributed by atoms with Gasteiger partial charge in [0.05, 0.1) is 6.10 Å². The Morgan fingerprint density at radius 1 is 1.15 bits per heavy atom. The molecule has 0 saturated heterocycles. The van der Waals surface area contributed by atoms with Gasteiger partial charge in [0.1, 0.15) is 0 Å². The van der Waals surface area contributed by atoms with Crippen LogP contribution in [0.5, 0.6) is 0 Å². The van der Waals surface area contributed by atoms with Crippen LogP contribution in [-0.2, 0) is 4.74 Å². The molecular weight excluding hydrogens is 246 g/mol. The first kappa shape index (κ1) is 16.3. The molecule has 0 heterocycles. The number of hydrogen-bond donors (Lipinski definition) is 1. The summed E-state index contributed by atoms with van der Waals surface area (Å²) in [7, 11) is 0. The summed E-state index contributed by atoms with van der Waals surface area (Å²) in [6, 6.07) is 1.37. The first-order chi connectivity index (χ1) is 9.41. The second kappa shape index (κ2) is 6.79. The van der Waals surface area contributed by atoms with Crippen molar-refractivity contribution < 1.29 is 4.74 Å². The molecule has 0 amide bonds. The van der Waals surface area contributed by atoms with Gasteiger partial charge >= 0.3 is 0 Å². The first-order valence-corrected chi connectivity index (χ1v) is 8.79. The summed E-state index contributed by atoms with van der Waals surface area (Å²) < 4.78 is 6.09. The lowest BCUT2D eigenvalue weighted by Gasteiger charge is -2.53. The molecule has 0 aliphatic heterocycles.